The van der Waals surface area contributed by atoms with Crippen LogP contribution in [0.15, 0.2) is 35.9 Å². The van der Waals surface area contributed by atoms with Gasteiger partial charge in [-0.3, -0.25) is 4.79 Å². The quantitative estimate of drug-likeness (QED) is 0.623. The summed E-state index contributed by atoms with van der Waals surface area (Å²) in [5.74, 6) is 1.34. The maximum atomic E-state index is 12.4. The second kappa shape index (κ2) is 7.89. The van der Waals surface area contributed by atoms with Crippen molar-refractivity contribution in [2.45, 2.75) is 0 Å². The summed E-state index contributed by atoms with van der Waals surface area (Å²) in [5.41, 5.74) is 0.911. The van der Waals surface area contributed by atoms with Crippen LogP contribution in [0.2, 0.25) is 5.02 Å². The number of fused-ring (bicyclic) bond motifs is 1. The molecule has 0 unspecified atom stereocenters. The molecule has 8 heteroatoms. The Kier molecular flexibility index (Phi) is 5.38. The Labute approximate surface area is 160 Å². The minimum absolute atomic E-state index is 0.0860. The summed E-state index contributed by atoms with van der Waals surface area (Å²) in [4.78, 5) is 12.4. The van der Waals surface area contributed by atoms with E-state index in [4.69, 9.17) is 30.5 Å². The number of carbonyl (C=O) groups is 1. The molecule has 0 radical (unpaired) electrons. The lowest BCUT2D eigenvalue weighted by molar-refractivity contribution is -0.112. The van der Waals surface area contributed by atoms with Crippen LogP contribution in [-0.4, -0.2) is 26.9 Å². The highest BCUT2D eigenvalue weighted by molar-refractivity contribution is 6.32. The van der Waals surface area contributed by atoms with E-state index in [9.17, 15) is 10.1 Å². The van der Waals surface area contributed by atoms with Crippen molar-refractivity contribution in [3.8, 4) is 29.1 Å². The lowest BCUT2D eigenvalue weighted by Crippen LogP contribution is -2.13. The molecule has 1 aliphatic rings. The number of hydrogen-bond acceptors (Lipinski definition) is 6. The Morgan fingerprint density at radius 3 is 2.67 bits per heavy atom. The van der Waals surface area contributed by atoms with Crippen molar-refractivity contribution in [2.24, 2.45) is 0 Å². The maximum absolute atomic E-state index is 12.4. The summed E-state index contributed by atoms with van der Waals surface area (Å²) in [6.45, 7) is 0.0860. The van der Waals surface area contributed by atoms with E-state index in [-0.39, 0.29) is 12.4 Å². The number of methoxy groups -OCH3 is 2. The summed E-state index contributed by atoms with van der Waals surface area (Å²) >= 11 is 6.05. The number of benzene rings is 2. The van der Waals surface area contributed by atoms with E-state index in [0.29, 0.717) is 39.3 Å². The molecule has 0 aliphatic carbocycles. The summed E-state index contributed by atoms with van der Waals surface area (Å²) in [7, 11) is 2.99. The number of hydrogen-bond donors (Lipinski definition) is 1. The van der Waals surface area contributed by atoms with Gasteiger partial charge < -0.3 is 24.3 Å². The van der Waals surface area contributed by atoms with E-state index in [1.165, 1.54) is 26.4 Å². The number of anilines is 1. The third-order valence-electron chi connectivity index (χ3n) is 3.77. The smallest absolute Gasteiger partial charge is 0.266 e. The number of ether oxygens (including phenoxy) is 4. The van der Waals surface area contributed by atoms with Gasteiger partial charge in [0.15, 0.2) is 11.5 Å². The van der Waals surface area contributed by atoms with E-state index >= 15 is 0 Å². The van der Waals surface area contributed by atoms with E-state index in [0.717, 1.165) is 0 Å². The first-order valence-electron chi connectivity index (χ1n) is 7.80. The fourth-order valence-corrected chi connectivity index (χ4v) is 2.75. The van der Waals surface area contributed by atoms with E-state index in [1.807, 2.05) is 6.07 Å². The van der Waals surface area contributed by atoms with Crippen molar-refractivity contribution in [2.75, 3.05) is 26.3 Å². The number of rotatable bonds is 5. The van der Waals surface area contributed by atoms with Crippen LogP contribution < -0.4 is 24.3 Å². The van der Waals surface area contributed by atoms with E-state index in [2.05, 4.69) is 5.32 Å². The third-order valence-corrected chi connectivity index (χ3v) is 4.06. The number of nitrogens with one attached hydrogen (secondary N) is 1. The molecule has 0 aromatic heterocycles. The molecule has 0 saturated carbocycles. The zero-order valence-corrected chi connectivity index (χ0v) is 15.3. The molecule has 27 heavy (non-hydrogen) atoms. The molecule has 3 rings (SSSR count). The standard InChI is InChI=1S/C19H15ClN2O5/c1-24-15-4-3-13(8-14(15)20)22-19(23)12(9-21)5-11-6-16(25-2)18-17(7-11)26-10-27-18/h3-8H,10H2,1-2H3,(H,22,23)/b12-5+. The average molecular weight is 387 g/mol. The van der Waals surface area contributed by atoms with Crippen LogP contribution in [0.5, 0.6) is 23.0 Å². The van der Waals surface area contributed by atoms with Gasteiger partial charge in [0.1, 0.15) is 17.4 Å². The minimum Gasteiger partial charge on any atom is -0.495 e. The van der Waals surface area contributed by atoms with E-state index in [1.54, 1.807) is 24.3 Å². The van der Waals surface area contributed by atoms with Gasteiger partial charge in [-0.05, 0) is 42.0 Å². The number of carbonyl (C=O) groups excluding carboxylic acids is 1. The van der Waals surface area contributed by atoms with Crippen molar-refractivity contribution in [1.82, 2.24) is 0 Å². The van der Waals surface area contributed by atoms with Crippen LogP contribution in [0, 0.1) is 11.3 Å². The van der Waals surface area contributed by atoms with Crippen molar-refractivity contribution in [3.63, 3.8) is 0 Å². The van der Waals surface area contributed by atoms with Crippen molar-refractivity contribution in [3.05, 3.63) is 46.5 Å². The van der Waals surface area contributed by atoms with Gasteiger partial charge in [0, 0.05) is 5.69 Å². The van der Waals surface area contributed by atoms with Gasteiger partial charge in [0.25, 0.3) is 5.91 Å². The van der Waals surface area contributed by atoms with Gasteiger partial charge in [-0.25, -0.2) is 0 Å². The van der Waals surface area contributed by atoms with Gasteiger partial charge in [-0.1, -0.05) is 11.6 Å². The Balaban J connectivity index is 1.85. The summed E-state index contributed by atoms with van der Waals surface area (Å²) in [6, 6.07) is 10.00. The summed E-state index contributed by atoms with van der Waals surface area (Å²) < 4.78 is 21.0. The molecule has 0 atom stereocenters. The molecule has 0 fully saturated rings. The fourth-order valence-electron chi connectivity index (χ4n) is 2.49. The second-order valence-electron chi connectivity index (χ2n) is 5.43. The third kappa shape index (κ3) is 3.91. The second-order valence-corrected chi connectivity index (χ2v) is 5.84. The highest BCUT2D eigenvalue weighted by Gasteiger charge is 2.20. The zero-order chi connectivity index (χ0) is 19.4. The van der Waals surface area contributed by atoms with Gasteiger partial charge in [0.05, 0.1) is 19.2 Å². The highest BCUT2D eigenvalue weighted by Crippen LogP contribution is 2.42. The van der Waals surface area contributed by atoms with Gasteiger partial charge in [-0.2, -0.15) is 5.26 Å². The van der Waals surface area contributed by atoms with Crippen LogP contribution in [0.1, 0.15) is 5.56 Å². The predicted molar refractivity (Wildman–Crippen MR) is 99.3 cm³/mol. The Bertz CT molecular complexity index is 965. The Morgan fingerprint density at radius 1 is 1.22 bits per heavy atom. The predicted octanol–water partition coefficient (Wildman–Crippen LogP) is 3.63. The lowest BCUT2D eigenvalue weighted by atomic mass is 10.1. The molecule has 7 nitrogen and oxygen atoms in total. The minimum atomic E-state index is -0.574. The Hall–Kier alpha value is -3.37. The topological polar surface area (TPSA) is 89.8 Å². The highest BCUT2D eigenvalue weighted by atomic mass is 35.5. The molecule has 2 aromatic carbocycles. The van der Waals surface area contributed by atoms with Crippen molar-refractivity contribution in [1.29, 1.82) is 5.26 Å². The molecule has 1 heterocycles. The molecule has 1 N–H and O–H groups in total. The van der Waals surface area contributed by atoms with Gasteiger partial charge in [-0.15, -0.1) is 0 Å². The van der Waals surface area contributed by atoms with Crippen molar-refractivity contribution < 1.29 is 23.7 Å². The SMILES string of the molecule is COc1ccc(NC(=O)/C(C#N)=C/c2cc(OC)c3c(c2)OCO3)cc1Cl. The largest absolute Gasteiger partial charge is 0.495 e. The monoisotopic (exact) mass is 386 g/mol. The fraction of sp³-hybridized carbons (Fsp3) is 0.158. The number of nitrogens with zero attached hydrogens (tertiary/aromatic N) is 1. The van der Waals surface area contributed by atoms with E-state index < -0.39 is 5.91 Å². The summed E-state index contributed by atoms with van der Waals surface area (Å²) in [6.07, 6.45) is 1.44. The van der Waals surface area contributed by atoms with Crippen LogP contribution in [0.3, 0.4) is 0 Å². The first kappa shape index (κ1) is 18.4. The molecule has 1 aliphatic heterocycles. The lowest BCUT2D eigenvalue weighted by Gasteiger charge is -2.08. The molecular formula is C19H15ClN2O5. The average Bonchev–Trinajstić information content (AvgIpc) is 3.14. The van der Waals surface area contributed by atoms with Gasteiger partial charge >= 0.3 is 0 Å². The van der Waals surface area contributed by atoms with Crippen LogP contribution in [0.4, 0.5) is 5.69 Å². The van der Waals surface area contributed by atoms with Crippen molar-refractivity contribution >= 4 is 29.3 Å². The number of nitriles is 1. The molecule has 1 amide bonds. The normalized spacial score (nSPS) is 12.3. The van der Waals surface area contributed by atoms with Gasteiger partial charge in [0.2, 0.25) is 12.5 Å². The van der Waals surface area contributed by atoms with Crippen LogP contribution in [-0.2, 0) is 4.79 Å². The molecular weight excluding hydrogens is 372 g/mol. The van der Waals surface area contributed by atoms with Crippen LogP contribution >= 0.6 is 11.6 Å². The molecule has 2 aromatic rings. The summed E-state index contributed by atoms with van der Waals surface area (Å²) in [5, 5.41) is 12.4. The molecule has 138 valence electrons. The Morgan fingerprint density at radius 2 is 2.00 bits per heavy atom. The first-order chi connectivity index (χ1) is 13.0. The van der Waals surface area contributed by atoms with Crippen LogP contribution in [0.25, 0.3) is 6.08 Å². The maximum Gasteiger partial charge on any atom is 0.266 e. The first-order valence-corrected chi connectivity index (χ1v) is 8.18. The molecule has 0 saturated heterocycles. The molecule has 0 bridgehead atoms. The number of halogens is 1. The zero-order valence-electron chi connectivity index (χ0n) is 14.5. The number of amides is 1. The molecule has 0 spiro atoms.